The van der Waals surface area contributed by atoms with E-state index in [1.165, 1.54) is 98.6 Å². The van der Waals surface area contributed by atoms with E-state index >= 15 is 0 Å². The van der Waals surface area contributed by atoms with E-state index in [0.29, 0.717) is 0 Å². The lowest BCUT2D eigenvalue weighted by Crippen LogP contribution is -1.99. The highest BCUT2D eigenvalue weighted by Gasteiger charge is 2.28. The SMILES string of the molecule is c1ccc2c(c1)Cc1c-2cccc1-n1c2ccccc2c2c3ccccc3c3c(c4cccc5c6ccccc6n3c54)c21. The quantitative estimate of drug-likeness (QED) is 0.194. The summed E-state index contributed by atoms with van der Waals surface area (Å²) in [6.45, 7) is 0. The fourth-order valence-corrected chi connectivity index (χ4v) is 8.44. The summed E-state index contributed by atoms with van der Waals surface area (Å²) in [6.07, 6.45) is 0.950. The van der Waals surface area contributed by atoms with Gasteiger partial charge in [-0.3, -0.25) is 0 Å². The Hall–Kier alpha value is -5.60. The number of hydrogen-bond acceptors (Lipinski definition) is 0. The Morgan fingerprint density at radius 2 is 1.02 bits per heavy atom. The van der Waals surface area contributed by atoms with Crippen LogP contribution in [0.2, 0.25) is 0 Å². The molecular formula is C41H24N2. The molecule has 0 bridgehead atoms. The molecule has 0 amide bonds. The second-order valence-corrected chi connectivity index (χ2v) is 12.0. The highest BCUT2D eigenvalue weighted by atomic mass is 15.0. The minimum atomic E-state index is 0.950. The molecule has 0 N–H and O–H groups in total. The van der Waals surface area contributed by atoms with Crippen molar-refractivity contribution in [2.45, 2.75) is 6.42 Å². The Labute approximate surface area is 247 Å². The van der Waals surface area contributed by atoms with Gasteiger partial charge in [-0.2, -0.15) is 0 Å². The third-order valence-electron chi connectivity index (χ3n) is 10.1. The lowest BCUT2D eigenvalue weighted by molar-refractivity contribution is 1.12. The van der Waals surface area contributed by atoms with Crippen LogP contribution in [0.1, 0.15) is 11.1 Å². The van der Waals surface area contributed by atoms with Gasteiger partial charge in [-0.15, -0.1) is 0 Å². The first kappa shape index (κ1) is 22.1. The Morgan fingerprint density at radius 1 is 0.395 bits per heavy atom. The summed E-state index contributed by atoms with van der Waals surface area (Å²) in [5.41, 5.74) is 13.3. The van der Waals surface area contributed by atoms with Crippen LogP contribution in [0.5, 0.6) is 0 Å². The summed E-state index contributed by atoms with van der Waals surface area (Å²) in [6, 6.07) is 49.6. The maximum atomic E-state index is 2.59. The molecule has 0 saturated carbocycles. The lowest BCUT2D eigenvalue weighted by Gasteiger charge is -2.15. The topological polar surface area (TPSA) is 9.34 Å². The molecule has 0 saturated heterocycles. The zero-order valence-electron chi connectivity index (χ0n) is 23.3. The van der Waals surface area contributed by atoms with Gasteiger partial charge in [0.1, 0.15) is 0 Å². The first-order valence-corrected chi connectivity index (χ1v) is 15.1. The summed E-state index contributed by atoms with van der Waals surface area (Å²) in [5.74, 6) is 0. The average molecular weight is 545 g/mol. The molecule has 0 radical (unpaired) electrons. The van der Waals surface area contributed by atoms with E-state index in [-0.39, 0.29) is 0 Å². The average Bonchev–Trinajstić information content (AvgIpc) is 3.80. The molecule has 0 aliphatic heterocycles. The molecule has 2 heteroatoms. The summed E-state index contributed by atoms with van der Waals surface area (Å²) in [4.78, 5) is 0. The van der Waals surface area contributed by atoms with Crippen molar-refractivity contribution >= 4 is 70.7 Å². The molecule has 0 atom stereocenters. The largest absolute Gasteiger partial charge is 0.308 e. The van der Waals surface area contributed by atoms with Gasteiger partial charge in [-0.25, -0.2) is 0 Å². The van der Waals surface area contributed by atoms with E-state index < -0.39 is 0 Å². The summed E-state index contributed by atoms with van der Waals surface area (Å²) in [5, 5.41) is 10.5. The molecule has 0 fully saturated rings. The van der Waals surface area contributed by atoms with Crippen molar-refractivity contribution in [2.75, 3.05) is 0 Å². The Morgan fingerprint density at radius 3 is 1.93 bits per heavy atom. The first-order valence-electron chi connectivity index (χ1n) is 15.1. The third kappa shape index (κ3) is 2.53. The van der Waals surface area contributed by atoms with Gasteiger partial charge >= 0.3 is 0 Å². The number of rotatable bonds is 1. The van der Waals surface area contributed by atoms with E-state index in [1.54, 1.807) is 0 Å². The second kappa shape index (κ2) is 7.61. The molecule has 0 spiro atoms. The molecule has 0 unspecified atom stereocenters. The van der Waals surface area contributed by atoms with Gasteiger partial charge in [0, 0.05) is 44.1 Å². The molecule has 43 heavy (non-hydrogen) atoms. The zero-order valence-corrected chi connectivity index (χ0v) is 23.3. The van der Waals surface area contributed by atoms with Crippen molar-refractivity contribution < 1.29 is 0 Å². The van der Waals surface area contributed by atoms with E-state index in [2.05, 4.69) is 142 Å². The first-order chi connectivity index (χ1) is 21.4. The number of aromatic nitrogens is 2. The van der Waals surface area contributed by atoms with Crippen molar-refractivity contribution in [3.8, 4) is 16.8 Å². The highest BCUT2D eigenvalue weighted by molar-refractivity contribution is 6.39. The number of hydrogen-bond donors (Lipinski definition) is 0. The van der Waals surface area contributed by atoms with Crippen LogP contribution in [0.3, 0.4) is 0 Å². The van der Waals surface area contributed by atoms with E-state index in [9.17, 15) is 0 Å². The number of benzene rings is 7. The molecular weight excluding hydrogens is 520 g/mol. The van der Waals surface area contributed by atoms with Crippen LogP contribution in [0.25, 0.3) is 87.5 Å². The van der Waals surface area contributed by atoms with Crippen LogP contribution in [-0.4, -0.2) is 8.97 Å². The minimum absolute atomic E-state index is 0.950. The van der Waals surface area contributed by atoms with Crippen molar-refractivity contribution in [1.82, 2.24) is 8.97 Å². The molecule has 2 nitrogen and oxygen atoms in total. The maximum Gasteiger partial charge on any atom is 0.0648 e. The van der Waals surface area contributed by atoms with Crippen LogP contribution >= 0.6 is 0 Å². The van der Waals surface area contributed by atoms with Gasteiger partial charge in [0.25, 0.3) is 0 Å². The molecule has 10 aromatic rings. The van der Waals surface area contributed by atoms with Crippen LogP contribution in [0.4, 0.5) is 0 Å². The summed E-state index contributed by atoms with van der Waals surface area (Å²) < 4.78 is 5.14. The Bertz CT molecular complexity index is 2810. The molecule has 1 aliphatic rings. The van der Waals surface area contributed by atoms with Gasteiger partial charge in [0.05, 0.1) is 33.3 Å². The predicted molar refractivity (Wildman–Crippen MR) is 181 cm³/mol. The van der Waals surface area contributed by atoms with Crippen molar-refractivity contribution in [2.24, 2.45) is 0 Å². The van der Waals surface area contributed by atoms with E-state index in [4.69, 9.17) is 0 Å². The zero-order chi connectivity index (χ0) is 27.8. The fourth-order valence-electron chi connectivity index (χ4n) is 8.44. The predicted octanol–water partition coefficient (Wildman–Crippen LogP) is 10.7. The van der Waals surface area contributed by atoms with Gasteiger partial charge in [-0.05, 0) is 45.8 Å². The van der Waals surface area contributed by atoms with Crippen LogP contribution in [-0.2, 0) is 6.42 Å². The van der Waals surface area contributed by atoms with Crippen LogP contribution in [0, 0.1) is 0 Å². The minimum Gasteiger partial charge on any atom is -0.308 e. The van der Waals surface area contributed by atoms with Crippen molar-refractivity contribution in [1.29, 1.82) is 0 Å². The maximum absolute atomic E-state index is 2.59. The lowest BCUT2D eigenvalue weighted by atomic mass is 9.98. The highest BCUT2D eigenvalue weighted by Crippen LogP contribution is 2.49. The number of para-hydroxylation sites is 3. The molecule has 11 rings (SSSR count). The van der Waals surface area contributed by atoms with Gasteiger partial charge in [-0.1, -0.05) is 115 Å². The van der Waals surface area contributed by atoms with Crippen molar-refractivity contribution in [3.63, 3.8) is 0 Å². The third-order valence-corrected chi connectivity index (χ3v) is 10.1. The van der Waals surface area contributed by atoms with Gasteiger partial charge in [0.15, 0.2) is 0 Å². The summed E-state index contributed by atoms with van der Waals surface area (Å²) >= 11 is 0. The normalized spacial score (nSPS) is 13.0. The molecule has 7 aromatic carbocycles. The Balaban J connectivity index is 1.45. The molecule has 3 heterocycles. The number of nitrogens with zero attached hydrogens (tertiary/aromatic N) is 2. The monoisotopic (exact) mass is 544 g/mol. The van der Waals surface area contributed by atoms with Crippen LogP contribution < -0.4 is 0 Å². The summed E-state index contributed by atoms with van der Waals surface area (Å²) in [7, 11) is 0. The number of fused-ring (bicyclic) bond motifs is 16. The standard InChI is InChI=1S/C41H24N2/c1-2-12-25-24(11-1)23-33-26(25)17-10-22-36(33)42-35-21-8-6-16-31(35)37-28-14-3-4-15-30(28)40-38(41(37)42)32-19-9-18-29-27-13-5-7-20-34(27)43(40)39(29)32/h1-22H,23H2. The fraction of sp³-hybridized carbons (Fsp3) is 0.0244. The smallest absolute Gasteiger partial charge is 0.0648 e. The van der Waals surface area contributed by atoms with Crippen molar-refractivity contribution in [3.05, 3.63) is 145 Å². The molecule has 1 aliphatic carbocycles. The molecule has 3 aromatic heterocycles. The van der Waals surface area contributed by atoms with Gasteiger partial charge in [0.2, 0.25) is 0 Å². The van der Waals surface area contributed by atoms with Gasteiger partial charge < -0.3 is 8.97 Å². The Kier molecular flexibility index (Phi) is 3.91. The van der Waals surface area contributed by atoms with E-state index in [1.807, 2.05) is 0 Å². The second-order valence-electron chi connectivity index (χ2n) is 12.0. The van der Waals surface area contributed by atoms with Crippen LogP contribution in [0.15, 0.2) is 133 Å². The molecule has 198 valence electrons. The van der Waals surface area contributed by atoms with E-state index in [0.717, 1.165) is 6.42 Å².